The molecule has 0 fully saturated rings. The number of ether oxygens (including phenoxy) is 1. The van der Waals surface area contributed by atoms with Gasteiger partial charge in [-0.2, -0.15) is 0 Å². The topological polar surface area (TPSA) is 49.7 Å². The fourth-order valence-electron chi connectivity index (χ4n) is 0.989. The summed E-state index contributed by atoms with van der Waals surface area (Å²) in [5.74, 6) is -2.30. The lowest BCUT2D eigenvalue weighted by Crippen LogP contribution is -2.05. The van der Waals surface area contributed by atoms with Gasteiger partial charge in [-0.15, -0.1) is 0 Å². The maximum absolute atomic E-state index is 13.1. The molecule has 0 aliphatic heterocycles. The molecule has 78 valence electrons. The van der Waals surface area contributed by atoms with Gasteiger partial charge < -0.3 is 14.9 Å². The second-order valence-corrected chi connectivity index (χ2v) is 2.62. The summed E-state index contributed by atoms with van der Waals surface area (Å²) in [6.07, 6.45) is 0. The smallest absolute Gasteiger partial charge is 0.190 e. The van der Waals surface area contributed by atoms with E-state index in [0.29, 0.717) is 0 Å². The first kappa shape index (κ1) is 10.9. The van der Waals surface area contributed by atoms with Crippen molar-refractivity contribution >= 4 is 0 Å². The Morgan fingerprint density at radius 3 is 2.14 bits per heavy atom. The average Bonchev–Trinajstić information content (AvgIpc) is 2.16. The van der Waals surface area contributed by atoms with Crippen LogP contribution in [0.15, 0.2) is 12.1 Å². The highest BCUT2D eigenvalue weighted by Gasteiger charge is 2.11. The Kier molecular flexibility index (Phi) is 3.79. The highest BCUT2D eigenvalue weighted by molar-refractivity contribution is 5.31. The van der Waals surface area contributed by atoms with Crippen molar-refractivity contribution < 1.29 is 23.7 Å². The fourth-order valence-corrected chi connectivity index (χ4v) is 0.989. The quantitative estimate of drug-likeness (QED) is 0.763. The van der Waals surface area contributed by atoms with E-state index in [0.717, 1.165) is 12.1 Å². The predicted octanol–water partition coefficient (Wildman–Crippen LogP) is 0.828. The van der Waals surface area contributed by atoms with Crippen LogP contribution in [-0.2, 0) is 6.61 Å². The SMILES string of the molecule is OCCOc1c(F)cc(CO)cc1F. The van der Waals surface area contributed by atoms with Crippen molar-refractivity contribution in [2.75, 3.05) is 13.2 Å². The maximum Gasteiger partial charge on any atom is 0.190 e. The van der Waals surface area contributed by atoms with Crippen molar-refractivity contribution in [2.45, 2.75) is 6.61 Å². The molecule has 1 rings (SSSR count). The van der Waals surface area contributed by atoms with Crippen LogP contribution in [0.4, 0.5) is 8.78 Å². The zero-order valence-corrected chi connectivity index (χ0v) is 7.33. The molecule has 1 aromatic carbocycles. The average molecular weight is 204 g/mol. The first-order chi connectivity index (χ1) is 6.69. The Balaban J connectivity index is 2.93. The molecule has 0 amide bonds. The third kappa shape index (κ3) is 2.40. The molecular formula is C9H10F2O3. The van der Waals surface area contributed by atoms with Crippen molar-refractivity contribution in [1.82, 2.24) is 0 Å². The lowest BCUT2D eigenvalue weighted by Gasteiger charge is -2.07. The first-order valence-electron chi connectivity index (χ1n) is 4.01. The normalized spacial score (nSPS) is 10.3. The van der Waals surface area contributed by atoms with E-state index in [9.17, 15) is 8.78 Å². The van der Waals surface area contributed by atoms with E-state index >= 15 is 0 Å². The summed E-state index contributed by atoms with van der Waals surface area (Å²) in [7, 11) is 0. The Morgan fingerprint density at radius 2 is 1.71 bits per heavy atom. The molecule has 0 aliphatic carbocycles. The van der Waals surface area contributed by atoms with Crippen LogP contribution in [0.3, 0.4) is 0 Å². The van der Waals surface area contributed by atoms with E-state index in [4.69, 9.17) is 10.2 Å². The fraction of sp³-hybridized carbons (Fsp3) is 0.333. The van der Waals surface area contributed by atoms with Crippen molar-refractivity contribution in [1.29, 1.82) is 0 Å². The molecule has 1 aromatic rings. The lowest BCUT2D eigenvalue weighted by atomic mass is 10.2. The second kappa shape index (κ2) is 4.88. The molecule has 3 nitrogen and oxygen atoms in total. The van der Waals surface area contributed by atoms with Gasteiger partial charge in [0.2, 0.25) is 0 Å². The van der Waals surface area contributed by atoms with E-state index in [-0.39, 0.29) is 18.8 Å². The van der Waals surface area contributed by atoms with Crippen LogP contribution in [0.1, 0.15) is 5.56 Å². The summed E-state index contributed by atoms with van der Waals surface area (Å²) in [5.41, 5.74) is 0.136. The molecule has 5 heteroatoms. The number of benzene rings is 1. The Morgan fingerprint density at radius 1 is 1.14 bits per heavy atom. The minimum Gasteiger partial charge on any atom is -0.485 e. The van der Waals surface area contributed by atoms with Crippen molar-refractivity contribution in [3.63, 3.8) is 0 Å². The van der Waals surface area contributed by atoms with Crippen molar-refractivity contribution in [3.05, 3.63) is 29.3 Å². The molecule has 0 bridgehead atoms. The lowest BCUT2D eigenvalue weighted by molar-refractivity contribution is 0.190. The summed E-state index contributed by atoms with van der Waals surface area (Å²) in [6, 6.07) is 1.96. The van der Waals surface area contributed by atoms with Crippen LogP contribution in [-0.4, -0.2) is 23.4 Å². The van der Waals surface area contributed by atoms with Crippen LogP contribution < -0.4 is 4.74 Å². The standard InChI is InChI=1S/C9H10F2O3/c10-7-3-6(5-13)4-8(11)9(7)14-2-1-12/h3-4,12-13H,1-2,5H2. The number of hydrogen-bond donors (Lipinski definition) is 2. The van der Waals surface area contributed by atoms with E-state index in [1.54, 1.807) is 0 Å². The van der Waals surface area contributed by atoms with Crippen LogP contribution in [0, 0.1) is 11.6 Å². The Hall–Kier alpha value is -1.20. The summed E-state index contributed by atoms with van der Waals surface area (Å²) >= 11 is 0. The Bertz CT molecular complexity index is 292. The number of hydrogen-bond acceptors (Lipinski definition) is 3. The van der Waals surface area contributed by atoms with Crippen LogP contribution in [0.2, 0.25) is 0 Å². The van der Waals surface area contributed by atoms with E-state index in [1.165, 1.54) is 0 Å². The predicted molar refractivity (Wildman–Crippen MR) is 44.9 cm³/mol. The summed E-state index contributed by atoms with van der Waals surface area (Å²) in [4.78, 5) is 0. The first-order valence-corrected chi connectivity index (χ1v) is 4.01. The molecule has 0 saturated carbocycles. The number of rotatable bonds is 4. The van der Waals surface area contributed by atoms with Gasteiger partial charge in [0.15, 0.2) is 17.4 Å². The van der Waals surface area contributed by atoms with Crippen LogP contribution >= 0.6 is 0 Å². The molecule has 0 heterocycles. The molecule has 0 unspecified atom stereocenters. The van der Waals surface area contributed by atoms with E-state index < -0.39 is 24.0 Å². The molecule has 0 spiro atoms. The molecule has 14 heavy (non-hydrogen) atoms. The second-order valence-electron chi connectivity index (χ2n) is 2.62. The maximum atomic E-state index is 13.1. The molecule has 0 radical (unpaired) electrons. The van der Waals surface area contributed by atoms with Gasteiger partial charge in [-0.1, -0.05) is 0 Å². The molecule has 0 aromatic heterocycles. The van der Waals surface area contributed by atoms with E-state index in [1.807, 2.05) is 0 Å². The zero-order valence-electron chi connectivity index (χ0n) is 7.33. The molecule has 0 aliphatic rings. The molecule has 0 saturated heterocycles. The highest BCUT2D eigenvalue weighted by Crippen LogP contribution is 2.23. The minimum absolute atomic E-state index is 0.136. The summed E-state index contributed by atoms with van der Waals surface area (Å²) in [5, 5.41) is 17.0. The van der Waals surface area contributed by atoms with Crippen molar-refractivity contribution in [2.24, 2.45) is 0 Å². The van der Waals surface area contributed by atoms with Gasteiger partial charge in [-0.3, -0.25) is 0 Å². The van der Waals surface area contributed by atoms with Crippen molar-refractivity contribution in [3.8, 4) is 5.75 Å². The van der Waals surface area contributed by atoms with Gasteiger partial charge in [-0.05, 0) is 17.7 Å². The third-order valence-corrected chi connectivity index (χ3v) is 1.58. The molecule has 2 N–H and O–H groups in total. The third-order valence-electron chi connectivity index (χ3n) is 1.58. The number of aliphatic hydroxyl groups excluding tert-OH is 2. The molecular weight excluding hydrogens is 194 g/mol. The number of halogens is 2. The van der Waals surface area contributed by atoms with Crippen LogP contribution in [0.5, 0.6) is 5.75 Å². The van der Waals surface area contributed by atoms with Gasteiger partial charge >= 0.3 is 0 Å². The van der Waals surface area contributed by atoms with Gasteiger partial charge in [0.05, 0.1) is 13.2 Å². The largest absolute Gasteiger partial charge is 0.485 e. The summed E-state index contributed by atoms with van der Waals surface area (Å²) < 4.78 is 30.8. The zero-order chi connectivity index (χ0) is 10.6. The van der Waals surface area contributed by atoms with Crippen LogP contribution in [0.25, 0.3) is 0 Å². The van der Waals surface area contributed by atoms with Gasteiger partial charge in [0.25, 0.3) is 0 Å². The molecule has 0 atom stereocenters. The summed E-state index contributed by atoms with van der Waals surface area (Å²) in [6.45, 7) is -0.930. The minimum atomic E-state index is -0.887. The monoisotopic (exact) mass is 204 g/mol. The Labute approximate surface area is 79.6 Å². The highest BCUT2D eigenvalue weighted by atomic mass is 19.1. The van der Waals surface area contributed by atoms with E-state index in [2.05, 4.69) is 4.74 Å². The van der Waals surface area contributed by atoms with Gasteiger partial charge in [0.1, 0.15) is 6.61 Å². The number of aliphatic hydroxyl groups is 2. The van der Waals surface area contributed by atoms with Gasteiger partial charge in [-0.25, -0.2) is 8.78 Å². The van der Waals surface area contributed by atoms with Gasteiger partial charge in [0, 0.05) is 0 Å².